The highest BCUT2D eigenvalue weighted by Crippen LogP contribution is 2.36. The van der Waals surface area contributed by atoms with Gasteiger partial charge in [0.2, 0.25) is 5.91 Å². The molecule has 3 N–H and O–H groups in total. The number of pyridine rings is 1. The number of nitrogens with zero attached hydrogens (tertiary/aromatic N) is 3. The molecule has 0 aromatic carbocycles. The van der Waals surface area contributed by atoms with Crippen LogP contribution in [-0.4, -0.2) is 45.0 Å². The van der Waals surface area contributed by atoms with Crippen molar-refractivity contribution in [1.82, 2.24) is 20.1 Å². The molecule has 4 rings (SSSR count). The lowest BCUT2D eigenvalue weighted by Crippen LogP contribution is -2.43. The van der Waals surface area contributed by atoms with Crippen molar-refractivity contribution >= 4 is 35.2 Å². The van der Waals surface area contributed by atoms with E-state index in [0.717, 1.165) is 55.7 Å². The summed E-state index contributed by atoms with van der Waals surface area (Å²) in [6, 6.07) is 1.69. The van der Waals surface area contributed by atoms with Crippen molar-refractivity contribution in [3.63, 3.8) is 0 Å². The van der Waals surface area contributed by atoms with Gasteiger partial charge in [-0.05, 0) is 52.5 Å². The molecule has 3 heterocycles. The Morgan fingerprint density at radius 1 is 1.21 bits per heavy atom. The number of ether oxygens (including phenoxy) is 1. The van der Waals surface area contributed by atoms with Crippen LogP contribution in [0.25, 0.3) is 11.1 Å². The van der Waals surface area contributed by atoms with Gasteiger partial charge in [-0.25, -0.2) is 14.5 Å². The number of halogens is 1. The molecule has 178 valence electrons. The van der Waals surface area contributed by atoms with Crippen molar-refractivity contribution in [2.24, 2.45) is 5.92 Å². The summed E-state index contributed by atoms with van der Waals surface area (Å²) in [5.74, 6) is 1.04. The molecular weight excluding hydrogens is 444 g/mol. The fourth-order valence-corrected chi connectivity index (χ4v) is 4.55. The second-order valence-corrected chi connectivity index (χ2v) is 10.1. The molecule has 0 spiro atoms. The van der Waals surface area contributed by atoms with Gasteiger partial charge in [-0.3, -0.25) is 4.79 Å². The Labute approximate surface area is 198 Å². The highest BCUT2D eigenvalue weighted by molar-refractivity contribution is 6.33. The largest absolute Gasteiger partial charge is 0.444 e. The first-order valence-electron chi connectivity index (χ1n) is 11.5. The molecule has 1 aliphatic heterocycles. The van der Waals surface area contributed by atoms with E-state index in [-0.39, 0.29) is 17.9 Å². The molecule has 9 nitrogen and oxygen atoms in total. The van der Waals surface area contributed by atoms with Crippen LogP contribution in [0.4, 0.5) is 16.4 Å². The minimum atomic E-state index is -0.558. The van der Waals surface area contributed by atoms with Crippen LogP contribution in [0.1, 0.15) is 52.9 Å². The number of anilines is 2. The molecule has 33 heavy (non-hydrogen) atoms. The summed E-state index contributed by atoms with van der Waals surface area (Å²) >= 11 is 6.44. The van der Waals surface area contributed by atoms with E-state index >= 15 is 0 Å². The third-order valence-corrected chi connectivity index (χ3v) is 6.14. The first-order valence-corrected chi connectivity index (χ1v) is 11.8. The minimum absolute atomic E-state index is 0.0943. The number of alkyl carbamates (subject to hydrolysis) is 1. The maximum atomic E-state index is 13.0. The molecule has 2 aromatic heterocycles. The van der Waals surface area contributed by atoms with Gasteiger partial charge in [0.25, 0.3) is 0 Å². The highest BCUT2D eigenvalue weighted by atomic mass is 35.5. The monoisotopic (exact) mass is 474 g/mol. The van der Waals surface area contributed by atoms with Crippen molar-refractivity contribution in [1.29, 1.82) is 0 Å². The summed E-state index contributed by atoms with van der Waals surface area (Å²) in [7, 11) is 0. The summed E-state index contributed by atoms with van der Waals surface area (Å²) < 4.78 is 7.27. The fraction of sp³-hybridized carbons (Fsp3) is 0.565. The highest BCUT2D eigenvalue weighted by Gasteiger charge is 2.30. The van der Waals surface area contributed by atoms with Gasteiger partial charge in [-0.15, -0.1) is 0 Å². The van der Waals surface area contributed by atoms with E-state index in [1.807, 2.05) is 25.5 Å². The summed E-state index contributed by atoms with van der Waals surface area (Å²) in [6.07, 6.45) is 6.91. The molecule has 1 aliphatic carbocycles. The Kier molecular flexibility index (Phi) is 6.78. The van der Waals surface area contributed by atoms with Crippen LogP contribution >= 0.6 is 11.6 Å². The predicted molar refractivity (Wildman–Crippen MR) is 127 cm³/mol. The third-order valence-electron chi connectivity index (χ3n) is 5.84. The van der Waals surface area contributed by atoms with Crippen molar-refractivity contribution in [2.75, 3.05) is 17.2 Å². The average Bonchev–Trinajstić information content (AvgIpc) is 3.18. The van der Waals surface area contributed by atoms with E-state index in [0.29, 0.717) is 17.3 Å². The Morgan fingerprint density at radius 2 is 2.03 bits per heavy atom. The van der Waals surface area contributed by atoms with Gasteiger partial charge in [0.1, 0.15) is 17.2 Å². The zero-order valence-electron chi connectivity index (χ0n) is 19.3. The molecule has 1 fully saturated rings. The Bertz CT molecular complexity index is 1030. The average molecular weight is 475 g/mol. The zero-order valence-corrected chi connectivity index (χ0v) is 20.0. The standard InChI is InChI=1S/C23H31ClN6O3/c1-23(2,3)33-22(32)28-15-7-4-6-14(10-15)21(31)29-19-11-16(18(24)13-26-19)17-12-27-30-9-5-8-25-20(17)30/h11-15,25H,4-10H2,1-3H3,(H,28,32)(H,26,29,31)/t14-,15+/m0/s1. The van der Waals surface area contributed by atoms with Gasteiger partial charge in [0.05, 0.1) is 11.2 Å². The zero-order chi connectivity index (χ0) is 23.6. The lowest BCUT2D eigenvalue weighted by molar-refractivity contribution is -0.121. The van der Waals surface area contributed by atoms with Crippen LogP contribution in [0.2, 0.25) is 5.02 Å². The smallest absolute Gasteiger partial charge is 0.407 e. The summed E-state index contributed by atoms with van der Waals surface area (Å²) in [5.41, 5.74) is 1.10. The maximum Gasteiger partial charge on any atom is 0.407 e. The number of amides is 2. The Balaban J connectivity index is 1.42. The normalized spacial score (nSPS) is 20.4. The predicted octanol–water partition coefficient (Wildman–Crippen LogP) is 4.44. The first kappa shape index (κ1) is 23.4. The number of nitrogens with one attached hydrogen (secondary N) is 3. The van der Waals surface area contributed by atoms with E-state index in [1.165, 1.54) is 0 Å². The number of carbonyl (C=O) groups is 2. The Morgan fingerprint density at radius 3 is 2.82 bits per heavy atom. The number of carbonyl (C=O) groups excluding carboxylic acids is 2. The summed E-state index contributed by atoms with van der Waals surface area (Å²) in [5, 5.41) is 14.1. The lowest BCUT2D eigenvalue weighted by atomic mass is 9.85. The molecular formula is C23H31ClN6O3. The first-order chi connectivity index (χ1) is 15.7. The number of hydrogen-bond donors (Lipinski definition) is 3. The summed E-state index contributed by atoms with van der Waals surface area (Å²) in [4.78, 5) is 29.4. The van der Waals surface area contributed by atoms with Crippen molar-refractivity contribution in [2.45, 2.75) is 71.1 Å². The van der Waals surface area contributed by atoms with Gasteiger partial charge in [0.15, 0.2) is 0 Å². The quantitative estimate of drug-likeness (QED) is 0.604. The van der Waals surface area contributed by atoms with Crippen LogP contribution < -0.4 is 16.0 Å². The van der Waals surface area contributed by atoms with Crippen molar-refractivity contribution in [3.8, 4) is 11.1 Å². The second-order valence-electron chi connectivity index (χ2n) is 9.66. The molecule has 10 heteroatoms. The number of fused-ring (bicyclic) bond motifs is 1. The van der Waals surface area contributed by atoms with Crippen molar-refractivity contribution in [3.05, 3.63) is 23.5 Å². The lowest BCUT2D eigenvalue weighted by Gasteiger charge is -2.30. The van der Waals surface area contributed by atoms with E-state index in [4.69, 9.17) is 16.3 Å². The summed E-state index contributed by atoms with van der Waals surface area (Å²) in [6.45, 7) is 7.22. The van der Waals surface area contributed by atoms with Gasteiger partial charge in [-0.2, -0.15) is 5.10 Å². The number of hydrogen-bond acceptors (Lipinski definition) is 6. The van der Waals surface area contributed by atoms with Gasteiger partial charge >= 0.3 is 6.09 Å². The van der Waals surface area contributed by atoms with Gasteiger partial charge < -0.3 is 20.7 Å². The topological polar surface area (TPSA) is 110 Å². The molecule has 0 unspecified atom stereocenters. The molecule has 0 saturated heterocycles. The van der Waals surface area contributed by atoms with Crippen molar-refractivity contribution < 1.29 is 14.3 Å². The fourth-order valence-electron chi connectivity index (χ4n) is 4.35. The minimum Gasteiger partial charge on any atom is -0.444 e. The SMILES string of the molecule is CC(C)(C)OC(=O)N[C@@H]1CCC[C@H](C(=O)Nc2cc(-c3cnn4c3NCCC4)c(Cl)cn2)C1. The molecule has 2 atom stereocenters. The van der Waals surface area contributed by atoms with Gasteiger partial charge in [-0.1, -0.05) is 18.0 Å². The second kappa shape index (κ2) is 9.59. The molecule has 2 amide bonds. The van der Waals surface area contributed by atoms with Crippen LogP contribution in [0.3, 0.4) is 0 Å². The number of rotatable bonds is 4. The number of aryl methyl sites for hydroxylation is 1. The van der Waals surface area contributed by atoms with Crippen LogP contribution in [0, 0.1) is 5.92 Å². The Hall–Kier alpha value is -2.81. The molecule has 1 saturated carbocycles. The molecule has 2 aliphatic rings. The molecule has 0 radical (unpaired) electrons. The molecule has 2 aromatic rings. The number of aromatic nitrogens is 3. The van der Waals surface area contributed by atoms with Gasteiger partial charge in [0, 0.05) is 42.4 Å². The maximum absolute atomic E-state index is 13.0. The van der Waals surface area contributed by atoms with E-state index < -0.39 is 11.7 Å². The molecule has 0 bridgehead atoms. The van der Waals surface area contributed by atoms with E-state index in [2.05, 4.69) is 26.0 Å². The third kappa shape index (κ3) is 5.76. The van der Waals surface area contributed by atoms with E-state index in [1.54, 1.807) is 18.5 Å². The van der Waals surface area contributed by atoms with Crippen LogP contribution in [0.5, 0.6) is 0 Å². The van der Waals surface area contributed by atoms with E-state index in [9.17, 15) is 9.59 Å². The van der Waals surface area contributed by atoms with Crippen LogP contribution in [0.15, 0.2) is 18.5 Å². The van der Waals surface area contributed by atoms with Crippen LogP contribution in [-0.2, 0) is 16.1 Å².